The van der Waals surface area contributed by atoms with Crippen molar-refractivity contribution in [2.45, 2.75) is 57.3 Å². The van der Waals surface area contributed by atoms with E-state index in [1.165, 1.54) is 6.42 Å². The normalized spacial score (nSPS) is 52.9. The first-order valence-corrected chi connectivity index (χ1v) is 7.82. The molecular weight excluding hydrogens is 254 g/mol. The lowest BCUT2D eigenvalue weighted by atomic mass is 9.31. The summed E-state index contributed by atoms with van der Waals surface area (Å²) in [6, 6.07) is 0.284. The molecule has 4 aliphatic carbocycles. The first-order chi connectivity index (χ1) is 9.22. The van der Waals surface area contributed by atoms with Crippen molar-refractivity contribution in [3.8, 4) is 0 Å². The summed E-state index contributed by atoms with van der Waals surface area (Å²) in [4.78, 5) is 12.2. The first-order valence-electron chi connectivity index (χ1n) is 7.82. The van der Waals surface area contributed by atoms with Gasteiger partial charge in [-0.2, -0.15) is 0 Å². The Morgan fingerprint density at radius 3 is 2.70 bits per heavy atom. The molecule has 4 aliphatic rings. The number of fused-ring (bicyclic) bond motifs is 1. The van der Waals surface area contributed by atoms with Crippen molar-refractivity contribution in [1.29, 1.82) is 0 Å². The quantitative estimate of drug-likeness (QED) is 0.509. The smallest absolute Gasteiger partial charge is 0.280 e. The van der Waals surface area contributed by atoms with Crippen LogP contribution < -0.4 is 16.8 Å². The highest BCUT2D eigenvalue weighted by Crippen LogP contribution is 2.86. The second kappa shape index (κ2) is 3.39. The molecule has 0 aromatic carbocycles. The van der Waals surface area contributed by atoms with Crippen LogP contribution in [0.2, 0.25) is 0 Å². The van der Waals surface area contributed by atoms with Gasteiger partial charge < -0.3 is 21.9 Å². The third-order valence-corrected chi connectivity index (χ3v) is 7.11. The molecule has 5 heteroatoms. The fourth-order valence-electron chi connectivity index (χ4n) is 6.31. The van der Waals surface area contributed by atoms with Crippen molar-refractivity contribution in [1.82, 2.24) is 5.32 Å². The standard InChI is InChI=1S/C15H25N3O2/c1-13(2,17)12(20)18-10-7-4-14(11(16)19)6-8-3-9(10)15(8,14)5-7/h7-11,19H,3-6,16-17H2,1-2H3,(H,18,20)/p+1. The Bertz CT molecular complexity index is 486. The van der Waals surface area contributed by atoms with Crippen LogP contribution in [-0.4, -0.2) is 28.8 Å². The summed E-state index contributed by atoms with van der Waals surface area (Å²) in [5.74, 6) is 1.82. The minimum atomic E-state index is -0.688. The molecule has 0 heterocycles. The van der Waals surface area contributed by atoms with Gasteiger partial charge in [0.2, 0.25) is 0 Å². The van der Waals surface area contributed by atoms with Gasteiger partial charge in [0, 0.05) is 11.5 Å². The average molecular weight is 280 g/mol. The van der Waals surface area contributed by atoms with Gasteiger partial charge in [0.15, 0.2) is 5.54 Å². The Balaban J connectivity index is 1.57. The van der Waals surface area contributed by atoms with Crippen molar-refractivity contribution < 1.29 is 15.6 Å². The Morgan fingerprint density at radius 1 is 1.45 bits per heavy atom. The largest absolute Gasteiger partial charge is 0.378 e. The summed E-state index contributed by atoms with van der Waals surface area (Å²) in [6.07, 6.45) is 3.75. The number of nitrogens with one attached hydrogen (secondary N) is 1. The molecule has 1 amide bonds. The van der Waals surface area contributed by atoms with Crippen LogP contribution in [0.5, 0.6) is 0 Å². The van der Waals surface area contributed by atoms with Crippen molar-refractivity contribution in [3.63, 3.8) is 0 Å². The molecule has 0 aromatic rings. The Morgan fingerprint density at radius 2 is 2.15 bits per heavy atom. The van der Waals surface area contributed by atoms with Gasteiger partial charge >= 0.3 is 0 Å². The van der Waals surface area contributed by atoms with Gasteiger partial charge in [-0.25, -0.2) is 0 Å². The molecule has 7 N–H and O–H groups in total. The molecule has 4 fully saturated rings. The molecule has 7 atom stereocenters. The van der Waals surface area contributed by atoms with E-state index in [4.69, 9.17) is 5.73 Å². The van der Waals surface area contributed by atoms with E-state index in [2.05, 4.69) is 11.1 Å². The van der Waals surface area contributed by atoms with Crippen LogP contribution in [0.1, 0.15) is 39.5 Å². The molecular formula is C15H26N3O2+. The Hall–Kier alpha value is -0.650. The highest BCUT2D eigenvalue weighted by atomic mass is 16.3. The maximum absolute atomic E-state index is 12.2. The number of nitrogens with two attached hydrogens (primary N) is 1. The zero-order valence-corrected chi connectivity index (χ0v) is 12.4. The third kappa shape index (κ3) is 1.16. The van der Waals surface area contributed by atoms with Crippen LogP contribution in [0.4, 0.5) is 0 Å². The molecule has 7 unspecified atom stereocenters. The molecule has 1 spiro atoms. The van der Waals surface area contributed by atoms with E-state index in [1.807, 2.05) is 13.8 Å². The summed E-state index contributed by atoms with van der Waals surface area (Å²) in [5, 5.41) is 13.3. The monoisotopic (exact) mass is 280 g/mol. The molecule has 4 saturated carbocycles. The minimum absolute atomic E-state index is 0.0353. The van der Waals surface area contributed by atoms with Crippen LogP contribution in [0.15, 0.2) is 0 Å². The van der Waals surface area contributed by atoms with E-state index in [1.54, 1.807) is 0 Å². The number of hydrogen-bond acceptors (Lipinski definition) is 3. The lowest BCUT2D eigenvalue weighted by molar-refractivity contribution is -0.446. The number of carbonyl (C=O) groups excluding carboxylic acids is 1. The van der Waals surface area contributed by atoms with Crippen LogP contribution in [0, 0.1) is 28.6 Å². The zero-order valence-electron chi connectivity index (χ0n) is 12.4. The number of hydrogen-bond donors (Lipinski definition) is 4. The van der Waals surface area contributed by atoms with Crippen LogP contribution in [-0.2, 0) is 4.79 Å². The fraction of sp³-hybridized carbons (Fsp3) is 0.933. The van der Waals surface area contributed by atoms with Gasteiger partial charge in [-0.3, -0.25) is 4.79 Å². The van der Waals surface area contributed by atoms with Crippen LogP contribution in [0.3, 0.4) is 0 Å². The van der Waals surface area contributed by atoms with Crippen LogP contribution in [0.25, 0.3) is 0 Å². The summed E-state index contributed by atoms with van der Waals surface area (Å²) >= 11 is 0. The van der Waals surface area contributed by atoms with E-state index in [9.17, 15) is 9.90 Å². The molecule has 5 nitrogen and oxygen atoms in total. The molecule has 0 aliphatic heterocycles. The number of carbonyl (C=O) groups is 1. The highest BCUT2D eigenvalue weighted by Gasteiger charge is 2.84. The number of quaternary nitrogens is 1. The summed E-state index contributed by atoms with van der Waals surface area (Å²) in [6.45, 7) is 3.71. The van der Waals surface area contributed by atoms with Gasteiger partial charge in [0.1, 0.15) is 6.23 Å². The lowest BCUT2D eigenvalue weighted by Crippen LogP contribution is -2.78. The molecule has 0 radical (unpaired) electrons. The van der Waals surface area contributed by atoms with Gasteiger partial charge in [-0.1, -0.05) is 0 Å². The van der Waals surface area contributed by atoms with Gasteiger partial charge in [0.05, 0.1) is 0 Å². The SMILES string of the molecule is CC(C)([NH3+])C(=O)NC1C2CC3(C(N)O)CC4CC1C43C2. The maximum Gasteiger partial charge on any atom is 0.280 e. The average Bonchev–Trinajstić information content (AvgIpc) is 2.76. The van der Waals surface area contributed by atoms with Crippen LogP contribution >= 0.6 is 0 Å². The molecule has 0 aromatic heterocycles. The summed E-state index contributed by atoms with van der Waals surface area (Å²) < 4.78 is 0. The first kappa shape index (κ1) is 13.0. The molecule has 20 heavy (non-hydrogen) atoms. The summed E-state index contributed by atoms with van der Waals surface area (Å²) in [7, 11) is 0. The van der Waals surface area contributed by atoms with E-state index in [0.717, 1.165) is 25.2 Å². The molecule has 2 bridgehead atoms. The Kier molecular flexibility index (Phi) is 2.21. The van der Waals surface area contributed by atoms with Crippen molar-refractivity contribution >= 4 is 5.91 Å². The number of aliphatic hydroxyl groups excluding tert-OH is 1. The number of aliphatic hydroxyl groups is 1. The third-order valence-electron chi connectivity index (χ3n) is 7.11. The molecule has 112 valence electrons. The molecule has 0 saturated heterocycles. The highest BCUT2D eigenvalue weighted by molar-refractivity contribution is 5.84. The van der Waals surface area contributed by atoms with Crippen molar-refractivity contribution in [2.75, 3.05) is 0 Å². The van der Waals surface area contributed by atoms with E-state index < -0.39 is 11.8 Å². The summed E-state index contributed by atoms with van der Waals surface area (Å²) in [5.41, 5.74) is 9.47. The second-order valence-corrected chi connectivity index (χ2v) is 8.44. The predicted molar refractivity (Wildman–Crippen MR) is 72.9 cm³/mol. The zero-order chi connectivity index (χ0) is 14.5. The molecule has 4 rings (SSSR count). The topological polar surface area (TPSA) is 103 Å². The number of amides is 1. The van der Waals surface area contributed by atoms with Crippen molar-refractivity contribution in [3.05, 3.63) is 0 Å². The number of rotatable bonds is 3. The second-order valence-electron chi connectivity index (χ2n) is 8.44. The van der Waals surface area contributed by atoms with E-state index >= 15 is 0 Å². The maximum atomic E-state index is 12.2. The van der Waals surface area contributed by atoms with Gasteiger partial charge in [0.25, 0.3) is 5.91 Å². The van der Waals surface area contributed by atoms with E-state index in [0.29, 0.717) is 11.8 Å². The van der Waals surface area contributed by atoms with E-state index in [-0.39, 0.29) is 22.8 Å². The van der Waals surface area contributed by atoms with Crippen molar-refractivity contribution in [2.24, 2.45) is 34.3 Å². The Labute approximate surface area is 119 Å². The minimum Gasteiger partial charge on any atom is -0.378 e. The fourth-order valence-corrected chi connectivity index (χ4v) is 6.31. The lowest BCUT2D eigenvalue weighted by Gasteiger charge is -2.74. The van der Waals surface area contributed by atoms with Gasteiger partial charge in [-0.15, -0.1) is 0 Å². The predicted octanol–water partition coefficient (Wildman–Crippen LogP) is -0.795. The van der Waals surface area contributed by atoms with Gasteiger partial charge in [-0.05, 0) is 62.7 Å².